The number of hydrogen-bond acceptors (Lipinski definition) is 7. The number of aromatic nitrogens is 1. The molecule has 1 aromatic heterocycles. The maximum Gasteiger partial charge on any atom is 0.263 e. The van der Waals surface area contributed by atoms with Gasteiger partial charge >= 0.3 is 0 Å². The second kappa shape index (κ2) is 8.88. The molecule has 0 spiro atoms. The monoisotopic (exact) mass is 488 g/mol. The highest BCUT2D eigenvalue weighted by atomic mass is 32.1. The van der Waals surface area contributed by atoms with Crippen LogP contribution in [0, 0.1) is 6.92 Å². The Morgan fingerprint density at radius 3 is 2.60 bits per heavy atom. The van der Waals surface area contributed by atoms with E-state index in [1.54, 1.807) is 19.1 Å². The SMILES string of the molecule is Cc1nc(-c2ccccc2)sc1C(=O)NCc1cccc2c1C(=O)N(C1CCC(=O)NC1=O)C2=O. The number of amides is 5. The van der Waals surface area contributed by atoms with Gasteiger partial charge < -0.3 is 5.32 Å². The summed E-state index contributed by atoms with van der Waals surface area (Å²) < 4.78 is 0. The van der Waals surface area contributed by atoms with Gasteiger partial charge in [0, 0.05) is 18.5 Å². The number of nitrogens with zero attached hydrogens (tertiary/aromatic N) is 2. The Balaban J connectivity index is 1.35. The summed E-state index contributed by atoms with van der Waals surface area (Å²) >= 11 is 1.28. The molecule has 0 aliphatic carbocycles. The van der Waals surface area contributed by atoms with E-state index in [0.29, 0.717) is 16.1 Å². The normalized spacial score (nSPS) is 17.4. The van der Waals surface area contributed by atoms with E-state index in [4.69, 9.17) is 0 Å². The minimum atomic E-state index is -1.04. The maximum absolute atomic E-state index is 13.2. The summed E-state index contributed by atoms with van der Waals surface area (Å²) in [6, 6.07) is 13.3. The molecule has 10 heteroatoms. The summed E-state index contributed by atoms with van der Waals surface area (Å²) in [5.41, 5.74) is 2.31. The van der Waals surface area contributed by atoms with Crippen molar-refractivity contribution in [3.8, 4) is 10.6 Å². The van der Waals surface area contributed by atoms with E-state index >= 15 is 0 Å². The lowest BCUT2D eigenvalue weighted by Crippen LogP contribution is -2.54. The number of rotatable bonds is 5. The van der Waals surface area contributed by atoms with Crippen molar-refractivity contribution in [3.63, 3.8) is 0 Å². The predicted octanol–water partition coefficient (Wildman–Crippen LogP) is 2.45. The van der Waals surface area contributed by atoms with Gasteiger partial charge in [-0.3, -0.25) is 34.2 Å². The smallest absolute Gasteiger partial charge is 0.263 e. The molecule has 0 saturated carbocycles. The molecule has 9 nitrogen and oxygen atoms in total. The number of thiazole rings is 1. The highest BCUT2D eigenvalue weighted by molar-refractivity contribution is 7.17. The summed E-state index contributed by atoms with van der Waals surface area (Å²) in [7, 11) is 0. The Morgan fingerprint density at radius 1 is 1.09 bits per heavy atom. The quantitative estimate of drug-likeness (QED) is 0.532. The van der Waals surface area contributed by atoms with Crippen molar-refractivity contribution in [1.82, 2.24) is 20.5 Å². The van der Waals surface area contributed by atoms with Crippen LogP contribution in [0.4, 0.5) is 0 Å². The van der Waals surface area contributed by atoms with E-state index in [1.165, 1.54) is 17.4 Å². The first-order valence-electron chi connectivity index (χ1n) is 11.0. The summed E-state index contributed by atoms with van der Waals surface area (Å²) in [6.45, 7) is 1.78. The molecule has 3 aromatic rings. The molecule has 1 saturated heterocycles. The third-order valence-electron chi connectivity index (χ3n) is 6.02. The first kappa shape index (κ1) is 22.6. The lowest BCUT2D eigenvalue weighted by Gasteiger charge is -2.27. The second-order valence-electron chi connectivity index (χ2n) is 8.27. The van der Waals surface area contributed by atoms with Gasteiger partial charge in [-0.2, -0.15) is 0 Å². The van der Waals surface area contributed by atoms with Crippen LogP contribution in [0.25, 0.3) is 10.6 Å². The van der Waals surface area contributed by atoms with Gasteiger partial charge in [0.25, 0.3) is 17.7 Å². The molecule has 2 aromatic carbocycles. The Morgan fingerprint density at radius 2 is 1.86 bits per heavy atom. The molecule has 1 fully saturated rings. The first-order chi connectivity index (χ1) is 16.8. The third kappa shape index (κ3) is 4.01. The predicted molar refractivity (Wildman–Crippen MR) is 127 cm³/mol. The van der Waals surface area contributed by atoms with Crippen LogP contribution in [0.1, 0.15) is 54.5 Å². The van der Waals surface area contributed by atoms with E-state index in [0.717, 1.165) is 15.5 Å². The molecule has 176 valence electrons. The highest BCUT2D eigenvalue weighted by Gasteiger charge is 2.45. The van der Waals surface area contributed by atoms with Crippen molar-refractivity contribution in [2.75, 3.05) is 0 Å². The Hall–Kier alpha value is -4.18. The number of fused-ring (bicyclic) bond motifs is 1. The minimum absolute atomic E-state index is 0.0161. The molecule has 5 rings (SSSR count). The molecule has 5 amide bonds. The van der Waals surface area contributed by atoms with Crippen LogP contribution in [0.2, 0.25) is 0 Å². The zero-order valence-corrected chi connectivity index (χ0v) is 19.5. The van der Waals surface area contributed by atoms with Gasteiger partial charge in [-0.15, -0.1) is 11.3 Å². The largest absolute Gasteiger partial charge is 0.347 e. The molecule has 3 heterocycles. The van der Waals surface area contributed by atoms with Crippen LogP contribution in [0.15, 0.2) is 48.5 Å². The van der Waals surface area contributed by atoms with Crippen LogP contribution in [-0.4, -0.2) is 45.5 Å². The van der Waals surface area contributed by atoms with Crippen molar-refractivity contribution in [1.29, 1.82) is 0 Å². The zero-order valence-electron chi connectivity index (χ0n) is 18.7. The molecular formula is C25H20N4O5S. The number of nitrogens with one attached hydrogen (secondary N) is 2. The summed E-state index contributed by atoms with van der Waals surface area (Å²) in [4.78, 5) is 68.7. The van der Waals surface area contributed by atoms with Crippen molar-refractivity contribution in [3.05, 3.63) is 75.8 Å². The lowest BCUT2D eigenvalue weighted by molar-refractivity contribution is -0.136. The molecule has 1 unspecified atom stereocenters. The van der Waals surface area contributed by atoms with Crippen molar-refractivity contribution in [2.45, 2.75) is 32.4 Å². The molecule has 2 aliphatic rings. The van der Waals surface area contributed by atoms with Crippen LogP contribution < -0.4 is 10.6 Å². The second-order valence-corrected chi connectivity index (χ2v) is 9.27. The lowest BCUT2D eigenvalue weighted by atomic mass is 10.0. The molecule has 35 heavy (non-hydrogen) atoms. The van der Waals surface area contributed by atoms with E-state index < -0.39 is 29.7 Å². The fraction of sp³-hybridized carbons (Fsp3) is 0.200. The van der Waals surface area contributed by atoms with Gasteiger partial charge in [0.15, 0.2) is 0 Å². The molecule has 2 aliphatic heterocycles. The standard InChI is InChI=1S/C25H20N4O5S/c1-13-20(35-23(27-13)14-6-3-2-4-7-14)22(32)26-12-15-8-5-9-16-19(15)25(34)29(24(16)33)17-10-11-18(30)28-21(17)31/h2-9,17H,10-12H2,1H3,(H,26,32)(H,28,30,31). The van der Waals surface area contributed by atoms with Crippen molar-refractivity contribution in [2.24, 2.45) is 0 Å². The van der Waals surface area contributed by atoms with Gasteiger partial charge in [0.05, 0.1) is 16.8 Å². The Kier molecular flexibility index (Phi) is 5.73. The molecular weight excluding hydrogens is 468 g/mol. The van der Waals surface area contributed by atoms with Crippen molar-refractivity contribution < 1.29 is 24.0 Å². The maximum atomic E-state index is 13.2. The fourth-order valence-corrected chi connectivity index (χ4v) is 5.29. The molecule has 0 radical (unpaired) electrons. The average Bonchev–Trinajstić information content (AvgIpc) is 3.36. The molecule has 0 bridgehead atoms. The van der Waals surface area contributed by atoms with E-state index in [2.05, 4.69) is 15.6 Å². The molecule has 1 atom stereocenters. The number of imide groups is 2. The number of hydrogen-bond donors (Lipinski definition) is 2. The van der Waals surface area contributed by atoms with Crippen LogP contribution in [0.5, 0.6) is 0 Å². The number of carbonyl (C=O) groups excluding carboxylic acids is 5. The average molecular weight is 489 g/mol. The summed E-state index contributed by atoms with van der Waals surface area (Å²) in [5.74, 6) is -2.62. The topological polar surface area (TPSA) is 126 Å². The Labute approximate surface area is 204 Å². The van der Waals surface area contributed by atoms with Gasteiger partial charge in [-0.25, -0.2) is 4.98 Å². The van der Waals surface area contributed by atoms with Gasteiger partial charge in [0.1, 0.15) is 15.9 Å². The molecule has 2 N–H and O–H groups in total. The van der Waals surface area contributed by atoms with Crippen LogP contribution >= 0.6 is 11.3 Å². The van der Waals surface area contributed by atoms with Gasteiger partial charge in [-0.1, -0.05) is 42.5 Å². The summed E-state index contributed by atoms with van der Waals surface area (Å²) in [6.07, 6.45) is 0.127. The Bertz CT molecular complexity index is 1400. The minimum Gasteiger partial charge on any atom is -0.347 e. The number of carbonyl (C=O) groups is 5. The summed E-state index contributed by atoms with van der Waals surface area (Å²) in [5, 5.41) is 5.73. The highest BCUT2D eigenvalue weighted by Crippen LogP contribution is 2.31. The van der Waals surface area contributed by atoms with Gasteiger partial charge in [0.2, 0.25) is 11.8 Å². The third-order valence-corrected chi connectivity index (χ3v) is 7.22. The van der Waals surface area contributed by atoms with E-state index in [1.807, 2.05) is 30.3 Å². The van der Waals surface area contributed by atoms with Gasteiger partial charge in [-0.05, 0) is 25.0 Å². The van der Waals surface area contributed by atoms with Crippen LogP contribution in [0.3, 0.4) is 0 Å². The van der Waals surface area contributed by atoms with Crippen LogP contribution in [-0.2, 0) is 16.1 Å². The number of benzene rings is 2. The fourth-order valence-electron chi connectivity index (χ4n) is 4.30. The van der Waals surface area contributed by atoms with Crippen molar-refractivity contribution >= 4 is 40.9 Å². The zero-order chi connectivity index (χ0) is 24.7. The van der Waals surface area contributed by atoms with E-state index in [-0.39, 0.29) is 36.4 Å². The van der Waals surface area contributed by atoms with E-state index in [9.17, 15) is 24.0 Å². The number of piperidine rings is 1. The first-order valence-corrected chi connectivity index (χ1v) is 11.8. The number of aryl methyl sites for hydroxylation is 1.